The molecule has 1 saturated heterocycles. The van der Waals surface area contributed by atoms with Crippen molar-refractivity contribution in [2.75, 3.05) is 4.90 Å². The van der Waals surface area contributed by atoms with Crippen molar-refractivity contribution < 1.29 is 9.59 Å². The number of imide groups is 1. The first kappa shape index (κ1) is 11.2. The van der Waals surface area contributed by atoms with E-state index in [2.05, 4.69) is 4.98 Å². The van der Waals surface area contributed by atoms with Crippen LogP contribution in [0.1, 0.15) is 26.2 Å². The maximum absolute atomic E-state index is 12.4. The third-order valence-electron chi connectivity index (χ3n) is 3.80. The highest BCUT2D eigenvalue weighted by Gasteiger charge is 2.47. The Kier molecular flexibility index (Phi) is 2.54. The SMILES string of the molecule is CC1C(=O)N(c2ccncc2)C(=O)N1C1CCC1. The van der Waals surface area contributed by atoms with Crippen molar-refractivity contribution in [1.29, 1.82) is 0 Å². The molecule has 2 fully saturated rings. The summed E-state index contributed by atoms with van der Waals surface area (Å²) in [6.45, 7) is 1.81. The van der Waals surface area contributed by atoms with E-state index in [0.29, 0.717) is 5.69 Å². The number of carbonyl (C=O) groups is 2. The van der Waals surface area contributed by atoms with Gasteiger partial charge in [-0.15, -0.1) is 0 Å². The van der Waals surface area contributed by atoms with E-state index in [1.165, 1.54) is 4.90 Å². The van der Waals surface area contributed by atoms with Gasteiger partial charge in [-0.2, -0.15) is 0 Å². The first-order valence-electron chi connectivity index (χ1n) is 6.26. The van der Waals surface area contributed by atoms with Crippen LogP contribution in [-0.2, 0) is 4.79 Å². The van der Waals surface area contributed by atoms with Crippen molar-refractivity contribution in [2.45, 2.75) is 38.3 Å². The summed E-state index contributed by atoms with van der Waals surface area (Å²) in [5, 5.41) is 0. The Hall–Kier alpha value is -1.91. The predicted octanol–water partition coefficient (Wildman–Crippen LogP) is 1.79. The number of pyridine rings is 1. The summed E-state index contributed by atoms with van der Waals surface area (Å²) < 4.78 is 0. The number of urea groups is 1. The highest BCUT2D eigenvalue weighted by molar-refractivity contribution is 6.21. The Balaban J connectivity index is 1.92. The Bertz CT molecular complexity index is 484. The summed E-state index contributed by atoms with van der Waals surface area (Å²) in [4.78, 5) is 31.5. The van der Waals surface area contributed by atoms with Crippen molar-refractivity contribution in [2.24, 2.45) is 0 Å². The molecule has 94 valence electrons. The largest absolute Gasteiger partial charge is 0.332 e. The average molecular weight is 245 g/mol. The van der Waals surface area contributed by atoms with Crippen LogP contribution in [0.25, 0.3) is 0 Å². The fourth-order valence-corrected chi connectivity index (χ4v) is 2.55. The minimum absolute atomic E-state index is 0.141. The lowest BCUT2D eigenvalue weighted by Crippen LogP contribution is -2.45. The number of nitrogens with zero attached hydrogens (tertiary/aromatic N) is 3. The van der Waals surface area contributed by atoms with Gasteiger partial charge in [-0.05, 0) is 38.3 Å². The molecule has 1 atom stereocenters. The van der Waals surface area contributed by atoms with E-state index in [-0.39, 0.29) is 24.0 Å². The molecule has 0 spiro atoms. The Labute approximate surface area is 105 Å². The lowest BCUT2D eigenvalue weighted by Gasteiger charge is -2.35. The van der Waals surface area contributed by atoms with Crippen LogP contribution in [0.2, 0.25) is 0 Å². The maximum atomic E-state index is 12.4. The average Bonchev–Trinajstić information content (AvgIpc) is 2.53. The molecule has 1 saturated carbocycles. The minimum atomic E-state index is -0.351. The Morgan fingerprint density at radius 1 is 1.22 bits per heavy atom. The highest BCUT2D eigenvalue weighted by Crippen LogP contribution is 2.33. The van der Waals surface area contributed by atoms with Gasteiger partial charge in [-0.1, -0.05) is 0 Å². The summed E-state index contributed by atoms with van der Waals surface area (Å²) in [5.74, 6) is -0.141. The van der Waals surface area contributed by atoms with Crippen LogP contribution in [0.5, 0.6) is 0 Å². The maximum Gasteiger partial charge on any atom is 0.332 e. The van der Waals surface area contributed by atoms with E-state index >= 15 is 0 Å². The molecule has 3 rings (SSSR count). The summed E-state index contributed by atoms with van der Waals surface area (Å²) >= 11 is 0. The van der Waals surface area contributed by atoms with Crippen LogP contribution < -0.4 is 4.90 Å². The van der Waals surface area contributed by atoms with Crippen LogP contribution in [0.4, 0.5) is 10.5 Å². The summed E-state index contributed by atoms with van der Waals surface area (Å²) in [6, 6.07) is 3.07. The molecule has 1 aromatic rings. The zero-order chi connectivity index (χ0) is 12.7. The first-order valence-corrected chi connectivity index (χ1v) is 6.26. The predicted molar refractivity (Wildman–Crippen MR) is 66.1 cm³/mol. The monoisotopic (exact) mass is 245 g/mol. The molecule has 5 heteroatoms. The molecule has 0 aromatic carbocycles. The zero-order valence-electron chi connectivity index (χ0n) is 10.2. The van der Waals surface area contributed by atoms with Crippen molar-refractivity contribution >= 4 is 17.6 Å². The van der Waals surface area contributed by atoms with Gasteiger partial charge in [0.2, 0.25) is 0 Å². The van der Waals surface area contributed by atoms with Crippen LogP contribution in [0.15, 0.2) is 24.5 Å². The molecule has 2 heterocycles. The van der Waals surface area contributed by atoms with Gasteiger partial charge in [0, 0.05) is 18.4 Å². The molecule has 0 N–H and O–H groups in total. The standard InChI is InChI=1S/C13H15N3O2/c1-9-12(17)16(11-5-7-14-8-6-11)13(18)15(9)10-3-2-4-10/h5-10H,2-4H2,1H3. The van der Waals surface area contributed by atoms with Gasteiger partial charge < -0.3 is 4.90 Å². The number of hydrogen-bond donors (Lipinski definition) is 0. The summed E-state index contributed by atoms with van der Waals surface area (Å²) in [7, 11) is 0. The van der Waals surface area contributed by atoms with Gasteiger partial charge in [0.15, 0.2) is 0 Å². The minimum Gasteiger partial charge on any atom is -0.309 e. The second-order valence-electron chi connectivity index (χ2n) is 4.83. The number of anilines is 1. The molecule has 3 amide bonds. The van der Waals surface area contributed by atoms with E-state index in [1.54, 1.807) is 36.4 Å². The van der Waals surface area contributed by atoms with Gasteiger partial charge in [0.25, 0.3) is 5.91 Å². The highest BCUT2D eigenvalue weighted by atomic mass is 16.2. The molecule has 0 radical (unpaired) electrons. The van der Waals surface area contributed by atoms with Gasteiger partial charge >= 0.3 is 6.03 Å². The fraction of sp³-hybridized carbons (Fsp3) is 0.462. The number of amides is 3. The van der Waals surface area contributed by atoms with Crippen molar-refractivity contribution in [3.05, 3.63) is 24.5 Å². The van der Waals surface area contributed by atoms with Crippen molar-refractivity contribution in [3.8, 4) is 0 Å². The van der Waals surface area contributed by atoms with Gasteiger partial charge in [0.05, 0.1) is 5.69 Å². The smallest absolute Gasteiger partial charge is 0.309 e. The quantitative estimate of drug-likeness (QED) is 0.746. The normalized spacial score (nSPS) is 24.6. The molecular formula is C13H15N3O2. The first-order chi connectivity index (χ1) is 8.70. The van der Waals surface area contributed by atoms with Crippen molar-refractivity contribution in [3.63, 3.8) is 0 Å². The molecule has 1 aliphatic heterocycles. The van der Waals surface area contributed by atoms with E-state index in [9.17, 15) is 9.59 Å². The van der Waals surface area contributed by atoms with E-state index in [4.69, 9.17) is 0 Å². The fourth-order valence-electron chi connectivity index (χ4n) is 2.55. The number of hydrogen-bond acceptors (Lipinski definition) is 3. The lowest BCUT2D eigenvalue weighted by atomic mass is 9.91. The van der Waals surface area contributed by atoms with Gasteiger partial charge in [-0.25, -0.2) is 9.69 Å². The second-order valence-corrected chi connectivity index (χ2v) is 4.83. The zero-order valence-corrected chi connectivity index (χ0v) is 10.2. The molecule has 1 aromatic heterocycles. The Morgan fingerprint density at radius 3 is 2.44 bits per heavy atom. The van der Waals surface area contributed by atoms with Gasteiger partial charge in [0.1, 0.15) is 6.04 Å². The molecule has 0 bridgehead atoms. The summed E-state index contributed by atoms with van der Waals surface area (Å²) in [6.07, 6.45) is 6.34. The number of rotatable bonds is 2. The Morgan fingerprint density at radius 2 is 1.89 bits per heavy atom. The molecule has 5 nitrogen and oxygen atoms in total. The van der Waals surface area contributed by atoms with Crippen LogP contribution in [0, 0.1) is 0 Å². The second kappa shape index (κ2) is 4.08. The lowest BCUT2D eigenvalue weighted by molar-refractivity contribution is -0.119. The molecule has 2 aliphatic rings. The van der Waals surface area contributed by atoms with Gasteiger partial charge in [-0.3, -0.25) is 9.78 Å². The number of aromatic nitrogens is 1. The van der Waals surface area contributed by atoms with Crippen LogP contribution in [-0.4, -0.2) is 33.9 Å². The third-order valence-corrected chi connectivity index (χ3v) is 3.80. The van der Waals surface area contributed by atoms with Crippen LogP contribution >= 0.6 is 0 Å². The van der Waals surface area contributed by atoms with E-state index < -0.39 is 0 Å². The van der Waals surface area contributed by atoms with Crippen molar-refractivity contribution in [1.82, 2.24) is 9.88 Å². The van der Waals surface area contributed by atoms with E-state index in [0.717, 1.165) is 19.3 Å². The third kappa shape index (κ3) is 1.50. The summed E-state index contributed by atoms with van der Waals surface area (Å²) in [5.41, 5.74) is 0.605. The topological polar surface area (TPSA) is 53.5 Å². The van der Waals surface area contributed by atoms with Crippen LogP contribution in [0.3, 0.4) is 0 Å². The molecule has 1 unspecified atom stereocenters. The molecule has 18 heavy (non-hydrogen) atoms. The van der Waals surface area contributed by atoms with E-state index in [1.807, 2.05) is 0 Å². The molecular weight excluding hydrogens is 230 g/mol. The number of carbonyl (C=O) groups excluding carboxylic acids is 2. The molecule has 1 aliphatic carbocycles.